The van der Waals surface area contributed by atoms with Gasteiger partial charge in [0.2, 0.25) is 0 Å². The first kappa shape index (κ1) is 11.3. The maximum absolute atomic E-state index is 11.0. The quantitative estimate of drug-likeness (QED) is 0.453. The second-order valence-corrected chi connectivity index (χ2v) is 3.78. The third-order valence-corrected chi connectivity index (χ3v) is 2.45. The van der Waals surface area contributed by atoms with Gasteiger partial charge in [-0.1, -0.05) is 29.4 Å². The molecule has 0 saturated carbocycles. The van der Waals surface area contributed by atoms with E-state index in [9.17, 15) is 4.79 Å². The van der Waals surface area contributed by atoms with E-state index in [1.165, 1.54) is 11.8 Å². The summed E-state index contributed by atoms with van der Waals surface area (Å²) in [5, 5.41) is 1.16. The molecule has 76 valence electrons. The minimum atomic E-state index is -0.237. The van der Waals surface area contributed by atoms with Gasteiger partial charge in [-0.25, -0.2) is 4.98 Å². The van der Waals surface area contributed by atoms with Gasteiger partial charge < -0.3 is 4.74 Å². The van der Waals surface area contributed by atoms with Gasteiger partial charge >= 0.3 is 5.97 Å². The highest BCUT2D eigenvalue weighted by atomic mass is 35.5. The number of rotatable bonds is 4. The van der Waals surface area contributed by atoms with Gasteiger partial charge in [-0.05, 0) is 19.1 Å². The Kier molecular flexibility index (Phi) is 4.76. The Bertz CT molecular complexity index is 319. The van der Waals surface area contributed by atoms with Gasteiger partial charge in [0.25, 0.3) is 0 Å². The van der Waals surface area contributed by atoms with E-state index in [2.05, 4.69) is 4.98 Å². The average molecular weight is 232 g/mol. The van der Waals surface area contributed by atoms with Gasteiger partial charge in [0.15, 0.2) is 0 Å². The molecule has 1 aromatic heterocycles. The Labute approximate surface area is 91.8 Å². The van der Waals surface area contributed by atoms with Gasteiger partial charge in [0.05, 0.1) is 17.4 Å². The number of nitrogens with zero attached hydrogens (tertiary/aromatic N) is 1. The van der Waals surface area contributed by atoms with Crippen molar-refractivity contribution in [3.05, 3.63) is 23.4 Å². The molecule has 1 rings (SSSR count). The molecule has 0 amide bonds. The number of hydrogen-bond acceptors (Lipinski definition) is 4. The van der Waals surface area contributed by atoms with E-state index < -0.39 is 0 Å². The van der Waals surface area contributed by atoms with Crippen LogP contribution < -0.4 is 0 Å². The molecular formula is C9H10ClNO2S. The fourth-order valence-electron chi connectivity index (χ4n) is 0.806. The molecule has 0 fully saturated rings. The van der Waals surface area contributed by atoms with Crippen molar-refractivity contribution in [2.45, 2.75) is 11.9 Å². The molecule has 0 spiro atoms. The number of hydrogen-bond donors (Lipinski definition) is 0. The van der Waals surface area contributed by atoms with Crippen molar-refractivity contribution in [2.75, 3.05) is 12.4 Å². The highest BCUT2D eigenvalue weighted by molar-refractivity contribution is 7.99. The van der Waals surface area contributed by atoms with Crippen LogP contribution in [0.2, 0.25) is 5.15 Å². The number of pyridine rings is 1. The molecule has 0 radical (unpaired) electrons. The predicted octanol–water partition coefficient (Wildman–Crippen LogP) is 2.39. The number of carbonyl (C=O) groups excluding carboxylic acids is 1. The summed E-state index contributed by atoms with van der Waals surface area (Å²) >= 11 is 6.99. The summed E-state index contributed by atoms with van der Waals surface area (Å²) in [7, 11) is 0. The first-order chi connectivity index (χ1) is 6.72. The van der Waals surface area contributed by atoms with Crippen LogP contribution in [0.3, 0.4) is 0 Å². The molecule has 14 heavy (non-hydrogen) atoms. The molecule has 0 aromatic carbocycles. The Morgan fingerprint density at radius 3 is 3.07 bits per heavy atom. The van der Waals surface area contributed by atoms with Crippen LogP contribution in [0.15, 0.2) is 23.2 Å². The van der Waals surface area contributed by atoms with Crippen LogP contribution in [0.4, 0.5) is 0 Å². The number of carbonyl (C=O) groups is 1. The van der Waals surface area contributed by atoms with Crippen molar-refractivity contribution in [1.82, 2.24) is 4.98 Å². The maximum Gasteiger partial charge on any atom is 0.316 e. The minimum Gasteiger partial charge on any atom is -0.465 e. The van der Waals surface area contributed by atoms with Crippen molar-refractivity contribution in [3.63, 3.8) is 0 Å². The second-order valence-electron chi connectivity index (χ2n) is 2.39. The lowest BCUT2D eigenvalue weighted by molar-refractivity contribution is -0.139. The summed E-state index contributed by atoms with van der Waals surface area (Å²) in [6.45, 7) is 2.18. The van der Waals surface area contributed by atoms with Gasteiger partial charge in [-0.3, -0.25) is 4.79 Å². The molecule has 0 N–H and O–H groups in total. The lowest BCUT2D eigenvalue weighted by Gasteiger charge is -2.01. The fraction of sp³-hybridized carbons (Fsp3) is 0.333. The highest BCUT2D eigenvalue weighted by Gasteiger charge is 2.03. The second kappa shape index (κ2) is 5.88. The Hall–Kier alpha value is -0.740. The van der Waals surface area contributed by atoms with E-state index >= 15 is 0 Å². The molecule has 1 aromatic rings. The lowest BCUT2D eigenvalue weighted by Crippen LogP contribution is -2.06. The summed E-state index contributed by atoms with van der Waals surface area (Å²) in [4.78, 5) is 15.0. The van der Waals surface area contributed by atoms with E-state index in [-0.39, 0.29) is 11.7 Å². The topological polar surface area (TPSA) is 39.2 Å². The maximum atomic E-state index is 11.0. The van der Waals surface area contributed by atoms with Crippen molar-refractivity contribution < 1.29 is 9.53 Å². The van der Waals surface area contributed by atoms with Crippen molar-refractivity contribution >= 4 is 29.3 Å². The van der Waals surface area contributed by atoms with Crippen molar-refractivity contribution in [2.24, 2.45) is 0 Å². The van der Waals surface area contributed by atoms with E-state index in [4.69, 9.17) is 16.3 Å². The van der Waals surface area contributed by atoms with Crippen LogP contribution in [0.1, 0.15) is 6.92 Å². The normalized spacial score (nSPS) is 9.86. The summed E-state index contributed by atoms with van der Waals surface area (Å²) in [5.41, 5.74) is 0. The Balaban J connectivity index is 2.41. The summed E-state index contributed by atoms with van der Waals surface area (Å²) in [6, 6.07) is 5.29. The van der Waals surface area contributed by atoms with Crippen LogP contribution in [-0.2, 0) is 9.53 Å². The largest absolute Gasteiger partial charge is 0.465 e. The Morgan fingerprint density at radius 1 is 1.64 bits per heavy atom. The SMILES string of the molecule is CCOC(=O)CSc1cccc(Cl)n1. The Morgan fingerprint density at radius 2 is 2.43 bits per heavy atom. The van der Waals surface area contributed by atoms with Crippen LogP contribution in [0, 0.1) is 0 Å². The van der Waals surface area contributed by atoms with E-state index in [0.29, 0.717) is 11.8 Å². The first-order valence-corrected chi connectivity index (χ1v) is 5.49. The number of halogens is 1. The molecule has 5 heteroatoms. The zero-order valence-corrected chi connectivity index (χ0v) is 9.27. The van der Waals surface area contributed by atoms with Gasteiger partial charge in [-0.2, -0.15) is 0 Å². The van der Waals surface area contributed by atoms with E-state index in [0.717, 1.165) is 5.03 Å². The fourth-order valence-corrected chi connectivity index (χ4v) is 1.71. The molecule has 0 saturated heterocycles. The molecule has 0 unspecified atom stereocenters. The summed E-state index contributed by atoms with van der Waals surface area (Å²) in [5.74, 6) is 0.0283. The van der Waals surface area contributed by atoms with Gasteiger partial charge in [0, 0.05) is 0 Å². The van der Waals surface area contributed by atoms with E-state index in [1.807, 2.05) is 0 Å². The molecular weight excluding hydrogens is 222 g/mol. The monoisotopic (exact) mass is 231 g/mol. The third-order valence-electron chi connectivity index (χ3n) is 1.33. The molecule has 3 nitrogen and oxygen atoms in total. The molecule has 0 aliphatic carbocycles. The molecule has 0 bridgehead atoms. The smallest absolute Gasteiger partial charge is 0.316 e. The van der Waals surface area contributed by atoms with Gasteiger partial charge in [0.1, 0.15) is 5.15 Å². The van der Waals surface area contributed by atoms with Crippen molar-refractivity contribution in [3.8, 4) is 0 Å². The van der Waals surface area contributed by atoms with Gasteiger partial charge in [-0.15, -0.1) is 0 Å². The average Bonchev–Trinajstić information content (AvgIpc) is 2.15. The molecule has 0 atom stereocenters. The van der Waals surface area contributed by atoms with Crippen LogP contribution in [0.25, 0.3) is 0 Å². The van der Waals surface area contributed by atoms with Crippen molar-refractivity contribution in [1.29, 1.82) is 0 Å². The summed E-state index contributed by atoms with van der Waals surface area (Å²) in [6.07, 6.45) is 0. The minimum absolute atomic E-state index is 0.237. The standard InChI is InChI=1S/C9H10ClNO2S/c1-2-13-9(12)6-14-8-5-3-4-7(10)11-8/h3-5H,2,6H2,1H3. The highest BCUT2D eigenvalue weighted by Crippen LogP contribution is 2.17. The number of esters is 1. The number of thioether (sulfide) groups is 1. The zero-order chi connectivity index (χ0) is 10.4. The van der Waals surface area contributed by atoms with Crippen LogP contribution >= 0.6 is 23.4 Å². The predicted molar refractivity (Wildman–Crippen MR) is 56.6 cm³/mol. The molecule has 0 aliphatic rings. The number of aromatic nitrogens is 1. The zero-order valence-electron chi connectivity index (χ0n) is 7.70. The van der Waals surface area contributed by atoms with Crippen LogP contribution in [-0.4, -0.2) is 23.3 Å². The first-order valence-electron chi connectivity index (χ1n) is 4.13. The molecule has 1 heterocycles. The van der Waals surface area contributed by atoms with E-state index in [1.54, 1.807) is 25.1 Å². The summed E-state index contributed by atoms with van der Waals surface area (Å²) < 4.78 is 4.77. The number of ether oxygens (including phenoxy) is 1. The lowest BCUT2D eigenvalue weighted by atomic mass is 10.5. The van der Waals surface area contributed by atoms with Crippen LogP contribution in [0.5, 0.6) is 0 Å². The third kappa shape index (κ3) is 3.98. The molecule has 0 aliphatic heterocycles.